The van der Waals surface area contributed by atoms with Gasteiger partial charge in [-0.15, -0.1) is 0 Å². The van der Waals surface area contributed by atoms with E-state index in [1.54, 1.807) is 12.1 Å². The molecule has 0 saturated heterocycles. The molecular weight excluding hydrogens is 331 g/mol. The van der Waals surface area contributed by atoms with Crippen molar-refractivity contribution >= 4 is 28.6 Å². The maximum Gasteiger partial charge on any atom is 0.262 e. The number of ketones is 1. The standard InChI is InChI=1S/C16H15FN4O2S/c1-3-13(9(2)22)24-16-19-14-12(15(23)20-16)8-18-21(14)11-6-4-5-10(17)7-11/h4-8,13H,3H2,1-2H3,(H,19,20,23). The molecule has 8 heteroatoms. The molecule has 0 spiro atoms. The SMILES string of the molecule is CCC(Sc1nc2c(cnn2-c2cccc(F)c2)c(=O)[nH]1)C(C)=O. The van der Waals surface area contributed by atoms with Gasteiger partial charge in [0.05, 0.1) is 17.1 Å². The summed E-state index contributed by atoms with van der Waals surface area (Å²) in [5, 5.41) is 4.50. The van der Waals surface area contributed by atoms with Gasteiger partial charge in [-0.25, -0.2) is 14.1 Å². The topological polar surface area (TPSA) is 80.6 Å². The minimum Gasteiger partial charge on any atom is -0.301 e. The molecule has 3 rings (SSSR count). The van der Waals surface area contributed by atoms with Crippen molar-refractivity contribution in [2.24, 2.45) is 0 Å². The first-order chi connectivity index (χ1) is 11.5. The summed E-state index contributed by atoms with van der Waals surface area (Å²) in [6.07, 6.45) is 2.02. The molecule has 0 saturated carbocycles. The molecule has 6 nitrogen and oxygen atoms in total. The summed E-state index contributed by atoms with van der Waals surface area (Å²) in [5.74, 6) is -0.387. The molecule has 124 valence electrons. The molecule has 2 aromatic heterocycles. The molecule has 1 atom stereocenters. The lowest BCUT2D eigenvalue weighted by molar-refractivity contribution is -0.116. The van der Waals surface area contributed by atoms with Crippen LogP contribution in [0.3, 0.4) is 0 Å². The number of aromatic nitrogens is 4. The Morgan fingerprint density at radius 3 is 2.92 bits per heavy atom. The van der Waals surface area contributed by atoms with Crippen molar-refractivity contribution in [1.29, 1.82) is 0 Å². The van der Waals surface area contributed by atoms with Gasteiger partial charge < -0.3 is 4.98 Å². The summed E-state index contributed by atoms with van der Waals surface area (Å²) in [6, 6.07) is 5.88. The van der Waals surface area contributed by atoms with E-state index in [1.807, 2.05) is 6.92 Å². The second kappa shape index (κ2) is 6.56. The molecule has 0 aliphatic rings. The molecule has 0 amide bonds. The fourth-order valence-electron chi connectivity index (χ4n) is 2.34. The summed E-state index contributed by atoms with van der Waals surface area (Å²) < 4.78 is 14.9. The van der Waals surface area contributed by atoms with Crippen LogP contribution in [0.4, 0.5) is 4.39 Å². The number of nitrogens with one attached hydrogen (secondary N) is 1. The highest BCUT2D eigenvalue weighted by Gasteiger charge is 2.17. The van der Waals surface area contributed by atoms with E-state index in [0.29, 0.717) is 28.3 Å². The van der Waals surface area contributed by atoms with E-state index in [9.17, 15) is 14.0 Å². The van der Waals surface area contributed by atoms with Gasteiger partial charge in [-0.1, -0.05) is 24.8 Å². The minimum absolute atomic E-state index is 0.0175. The molecule has 1 N–H and O–H groups in total. The third-order valence-corrected chi connectivity index (χ3v) is 4.91. The monoisotopic (exact) mass is 346 g/mol. The van der Waals surface area contributed by atoms with Crippen molar-refractivity contribution < 1.29 is 9.18 Å². The summed E-state index contributed by atoms with van der Waals surface area (Å²) in [7, 11) is 0. The number of carbonyl (C=O) groups is 1. The van der Waals surface area contributed by atoms with Crippen molar-refractivity contribution in [3.05, 3.63) is 46.6 Å². The normalized spacial score (nSPS) is 12.5. The number of benzene rings is 1. The van der Waals surface area contributed by atoms with Crippen molar-refractivity contribution in [1.82, 2.24) is 19.7 Å². The first-order valence-electron chi connectivity index (χ1n) is 7.40. The van der Waals surface area contributed by atoms with Gasteiger partial charge in [-0.05, 0) is 31.5 Å². The van der Waals surface area contributed by atoms with Crippen LogP contribution in [-0.2, 0) is 4.79 Å². The number of Topliss-reactive ketones (excluding diaryl/α,β-unsaturated/α-hetero) is 1. The summed E-state index contributed by atoms with van der Waals surface area (Å²) in [6.45, 7) is 3.40. The van der Waals surface area contributed by atoms with E-state index in [4.69, 9.17) is 0 Å². The fraction of sp³-hybridized carbons (Fsp3) is 0.250. The number of rotatable bonds is 5. The van der Waals surface area contributed by atoms with Crippen molar-refractivity contribution in [3.8, 4) is 5.69 Å². The lowest BCUT2D eigenvalue weighted by atomic mass is 10.2. The van der Waals surface area contributed by atoms with Gasteiger partial charge in [0.2, 0.25) is 0 Å². The van der Waals surface area contributed by atoms with Crippen LogP contribution in [0.2, 0.25) is 0 Å². The Kier molecular flexibility index (Phi) is 4.48. The van der Waals surface area contributed by atoms with Crippen LogP contribution in [0, 0.1) is 5.82 Å². The molecule has 0 fully saturated rings. The number of fused-ring (bicyclic) bond motifs is 1. The van der Waals surface area contributed by atoms with Gasteiger partial charge in [0.1, 0.15) is 17.0 Å². The number of aromatic amines is 1. The number of thioether (sulfide) groups is 1. The molecule has 2 heterocycles. The Balaban J connectivity index is 2.11. The highest BCUT2D eigenvalue weighted by atomic mass is 32.2. The van der Waals surface area contributed by atoms with Gasteiger partial charge in [0, 0.05) is 0 Å². The largest absolute Gasteiger partial charge is 0.301 e. The smallest absolute Gasteiger partial charge is 0.262 e. The number of carbonyl (C=O) groups excluding carboxylic acids is 1. The molecule has 1 aromatic carbocycles. The third-order valence-electron chi connectivity index (χ3n) is 3.55. The first-order valence-corrected chi connectivity index (χ1v) is 8.28. The van der Waals surface area contributed by atoms with Crippen LogP contribution < -0.4 is 5.56 Å². The molecule has 0 radical (unpaired) electrons. The molecule has 3 aromatic rings. The molecule has 0 aliphatic carbocycles. The molecular formula is C16H15FN4O2S. The van der Waals surface area contributed by atoms with E-state index in [1.165, 1.54) is 41.7 Å². The fourth-order valence-corrected chi connectivity index (χ4v) is 3.23. The van der Waals surface area contributed by atoms with Crippen molar-refractivity contribution in [3.63, 3.8) is 0 Å². The van der Waals surface area contributed by atoms with Gasteiger partial charge in [-0.2, -0.15) is 5.10 Å². The summed E-state index contributed by atoms with van der Waals surface area (Å²) in [5.41, 5.74) is 0.450. The van der Waals surface area contributed by atoms with E-state index < -0.39 is 5.82 Å². The Labute approximate surface area is 141 Å². The van der Waals surface area contributed by atoms with Gasteiger partial charge >= 0.3 is 0 Å². The summed E-state index contributed by atoms with van der Waals surface area (Å²) in [4.78, 5) is 30.9. The summed E-state index contributed by atoms with van der Waals surface area (Å²) >= 11 is 1.20. The van der Waals surface area contributed by atoms with Crippen LogP contribution in [0.5, 0.6) is 0 Å². The van der Waals surface area contributed by atoms with Gasteiger partial charge in [0.15, 0.2) is 10.8 Å². The Morgan fingerprint density at radius 1 is 1.46 bits per heavy atom. The molecule has 24 heavy (non-hydrogen) atoms. The number of hydrogen-bond donors (Lipinski definition) is 1. The average Bonchev–Trinajstić information content (AvgIpc) is 2.96. The lowest BCUT2D eigenvalue weighted by Gasteiger charge is -2.10. The van der Waals surface area contributed by atoms with E-state index in [2.05, 4.69) is 15.1 Å². The minimum atomic E-state index is -0.404. The zero-order valence-electron chi connectivity index (χ0n) is 13.1. The first kappa shape index (κ1) is 16.4. The Morgan fingerprint density at radius 2 is 2.25 bits per heavy atom. The number of H-pyrrole nitrogens is 1. The average molecular weight is 346 g/mol. The zero-order chi connectivity index (χ0) is 17.3. The third kappa shape index (κ3) is 3.09. The zero-order valence-corrected chi connectivity index (χ0v) is 13.9. The second-order valence-corrected chi connectivity index (χ2v) is 6.46. The van der Waals surface area contributed by atoms with Crippen LogP contribution in [0.25, 0.3) is 16.7 Å². The predicted molar refractivity (Wildman–Crippen MR) is 90.1 cm³/mol. The Hall–Kier alpha value is -2.48. The molecule has 0 aliphatic heterocycles. The van der Waals surface area contributed by atoms with E-state index >= 15 is 0 Å². The quantitative estimate of drug-likeness (QED) is 0.567. The van der Waals surface area contributed by atoms with Crippen LogP contribution >= 0.6 is 11.8 Å². The second-order valence-electron chi connectivity index (χ2n) is 5.27. The van der Waals surface area contributed by atoms with Gasteiger partial charge in [0.25, 0.3) is 5.56 Å². The van der Waals surface area contributed by atoms with E-state index in [0.717, 1.165) is 0 Å². The van der Waals surface area contributed by atoms with Crippen molar-refractivity contribution in [2.45, 2.75) is 30.7 Å². The molecule has 0 bridgehead atoms. The number of halogens is 1. The van der Waals surface area contributed by atoms with Gasteiger partial charge in [-0.3, -0.25) is 9.59 Å². The van der Waals surface area contributed by atoms with Crippen LogP contribution in [-0.4, -0.2) is 30.8 Å². The van der Waals surface area contributed by atoms with Crippen LogP contribution in [0.1, 0.15) is 20.3 Å². The number of nitrogens with zero attached hydrogens (tertiary/aromatic N) is 3. The van der Waals surface area contributed by atoms with Crippen LogP contribution in [0.15, 0.2) is 40.4 Å². The lowest BCUT2D eigenvalue weighted by Crippen LogP contribution is -2.15. The predicted octanol–water partition coefficient (Wildman–Crippen LogP) is 2.71. The highest BCUT2D eigenvalue weighted by molar-refractivity contribution is 8.00. The van der Waals surface area contributed by atoms with Crippen molar-refractivity contribution in [2.75, 3.05) is 0 Å². The maximum absolute atomic E-state index is 13.5. The van der Waals surface area contributed by atoms with E-state index in [-0.39, 0.29) is 16.6 Å². The Bertz CT molecular complexity index is 966. The number of hydrogen-bond acceptors (Lipinski definition) is 5. The maximum atomic E-state index is 13.5. The molecule has 1 unspecified atom stereocenters. The highest BCUT2D eigenvalue weighted by Crippen LogP contribution is 2.24.